The van der Waals surface area contributed by atoms with Crippen LogP contribution in [-0.2, 0) is 13.2 Å². The minimum Gasteiger partial charge on any atom is -0.489 e. The van der Waals surface area contributed by atoms with Crippen molar-refractivity contribution in [1.29, 1.82) is 0 Å². The lowest BCUT2D eigenvalue weighted by Gasteiger charge is -2.08. The van der Waals surface area contributed by atoms with Crippen molar-refractivity contribution in [3.05, 3.63) is 101 Å². The molecule has 0 bridgehead atoms. The third-order valence-electron chi connectivity index (χ3n) is 3.91. The van der Waals surface area contributed by atoms with Gasteiger partial charge in [-0.2, -0.15) is 5.10 Å². The lowest BCUT2D eigenvalue weighted by atomic mass is 10.2. The van der Waals surface area contributed by atoms with Crippen LogP contribution in [0.1, 0.15) is 16.7 Å². The van der Waals surface area contributed by atoms with Crippen molar-refractivity contribution in [2.75, 3.05) is 0 Å². The van der Waals surface area contributed by atoms with Gasteiger partial charge in [0.05, 0.1) is 6.21 Å². The molecule has 0 aliphatic rings. The van der Waals surface area contributed by atoms with E-state index in [0.29, 0.717) is 23.0 Å². The summed E-state index contributed by atoms with van der Waals surface area (Å²) in [6.45, 7) is 0.819. The van der Waals surface area contributed by atoms with Crippen LogP contribution in [0, 0.1) is 5.82 Å². The molecule has 0 spiro atoms. The van der Waals surface area contributed by atoms with E-state index >= 15 is 0 Å². The maximum atomic E-state index is 13.6. The Hall–Kier alpha value is -3.25. The second-order valence-corrected chi connectivity index (χ2v) is 6.40. The summed E-state index contributed by atoms with van der Waals surface area (Å²) in [6.07, 6.45) is 1.66. The topological polar surface area (TPSA) is 45.6 Å². The van der Waals surface area contributed by atoms with E-state index in [0.717, 1.165) is 11.1 Å². The van der Waals surface area contributed by atoms with Crippen molar-refractivity contribution in [1.82, 2.24) is 10.7 Å². The summed E-state index contributed by atoms with van der Waals surface area (Å²) in [6, 6.07) is 23.9. The number of rotatable bonds is 7. The Morgan fingerprint density at radius 3 is 2.43 bits per heavy atom. The van der Waals surface area contributed by atoms with E-state index in [1.165, 1.54) is 6.07 Å². The van der Waals surface area contributed by atoms with E-state index in [2.05, 4.69) is 15.8 Å². The summed E-state index contributed by atoms with van der Waals surface area (Å²) in [4.78, 5) is 0. The first-order chi connectivity index (χ1) is 13.7. The van der Waals surface area contributed by atoms with Crippen molar-refractivity contribution in [2.45, 2.75) is 13.2 Å². The first-order valence-electron chi connectivity index (χ1n) is 8.78. The summed E-state index contributed by atoms with van der Waals surface area (Å²) < 4.78 is 19.2. The van der Waals surface area contributed by atoms with E-state index in [-0.39, 0.29) is 12.4 Å². The Labute approximate surface area is 169 Å². The standard InChI is InChI=1S/C22H20FN3OS/c23-21-9-5-4-8-19(21)16-27-20-12-10-18(11-13-20)15-25-26-22(28)24-14-17-6-2-1-3-7-17/h1-13,15H,14,16H2,(H2,24,26,28). The van der Waals surface area contributed by atoms with Gasteiger partial charge in [0, 0.05) is 12.1 Å². The van der Waals surface area contributed by atoms with Crippen LogP contribution in [0.25, 0.3) is 0 Å². The van der Waals surface area contributed by atoms with Crippen LogP contribution in [0.3, 0.4) is 0 Å². The summed E-state index contributed by atoms with van der Waals surface area (Å²) >= 11 is 5.19. The monoisotopic (exact) mass is 393 g/mol. The number of nitrogens with one attached hydrogen (secondary N) is 2. The fourth-order valence-corrected chi connectivity index (χ4v) is 2.53. The summed E-state index contributed by atoms with van der Waals surface area (Å²) in [7, 11) is 0. The van der Waals surface area contributed by atoms with E-state index in [1.807, 2.05) is 54.6 Å². The number of benzene rings is 3. The number of ether oxygens (including phenoxy) is 1. The highest BCUT2D eigenvalue weighted by Gasteiger charge is 2.01. The normalized spacial score (nSPS) is 10.6. The maximum Gasteiger partial charge on any atom is 0.187 e. The van der Waals surface area contributed by atoms with Crippen LogP contribution in [0.15, 0.2) is 84.0 Å². The molecular weight excluding hydrogens is 373 g/mol. The highest BCUT2D eigenvalue weighted by molar-refractivity contribution is 7.80. The molecule has 0 saturated carbocycles. The first-order valence-corrected chi connectivity index (χ1v) is 9.18. The van der Waals surface area contributed by atoms with Gasteiger partial charge in [0.15, 0.2) is 5.11 Å². The molecule has 0 amide bonds. The molecule has 3 aromatic carbocycles. The summed E-state index contributed by atoms with van der Waals surface area (Å²) in [5.74, 6) is 0.391. The van der Waals surface area contributed by atoms with Crippen LogP contribution in [0.4, 0.5) is 4.39 Å². The third kappa shape index (κ3) is 6.17. The summed E-state index contributed by atoms with van der Waals surface area (Å²) in [5.41, 5.74) is 5.33. The number of nitrogens with zero attached hydrogens (tertiary/aromatic N) is 1. The molecule has 28 heavy (non-hydrogen) atoms. The molecular formula is C22H20FN3OS. The maximum absolute atomic E-state index is 13.6. The molecule has 0 aliphatic carbocycles. The molecule has 0 unspecified atom stereocenters. The van der Waals surface area contributed by atoms with Gasteiger partial charge in [-0.3, -0.25) is 5.43 Å². The number of hydrogen-bond acceptors (Lipinski definition) is 3. The molecule has 3 rings (SSSR count). The number of halogens is 1. The van der Waals surface area contributed by atoms with Crippen molar-refractivity contribution in [3.63, 3.8) is 0 Å². The van der Waals surface area contributed by atoms with E-state index in [4.69, 9.17) is 17.0 Å². The van der Waals surface area contributed by atoms with E-state index in [1.54, 1.807) is 24.4 Å². The average Bonchev–Trinajstić information content (AvgIpc) is 2.73. The molecule has 3 aromatic rings. The van der Waals surface area contributed by atoms with Gasteiger partial charge in [-0.25, -0.2) is 4.39 Å². The minimum absolute atomic E-state index is 0.184. The smallest absolute Gasteiger partial charge is 0.187 e. The van der Waals surface area contributed by atoms with Crippen LogP contribution in [0.5, 0.6) is 5.75 Å². The number of thiocarbonyl (C=S) groups is 1. The zero-order valence-corrected chi connectivity index (χ0v) is 16.0. The lowest BCUT2D eigenvalue weighted by molar-refractivity contribution is 0.300. The van der Waals surface area contributed by atoms with Crippen molar-refractivity contribution >= 4 is 23.5 Å². The van der Waals surface area contributed by atoms with Crippen molar-refractivity contribution in [3.8, 4) is 5.75 Å². The molecule has 0 fully saturated rings. The highest BCUT2D eigenvalue weighted by atomic mass is 32.1. The van der Waals surface area contributed by atoms with Gasteiger partial charge < -0.3 is 10.1 Å². The fraction of sp³-hybridized carbons (Fsp3) is 0.0909. The Balaban J connectivity index is 1.43. The van der Waals surface area contributed by atoms with Crippen LogP contribution in [-0.4, -0.2) is 11.3 Å². The predicted molar refractivity (Wildman–Crippen MR) is 114 cm³/mol. The van der Waals surface area contributed by atoms with Crippen LogP contribution >= 0.6 is 12.2 Å². The van der Waals surface area contributed by atoms with Gasteiger partial charge in [-0.15, -0.1) is 0 Å². The third-order valence-corrected chi connectivity index (χ3v) is 4.14. The molecule has 6 heteroatoms. The quantitative estimate of drug-likeness (QED) is 0.355. The van der Waals surface area contributed by atoms with Gasteiger partial charge in [0.25, 0.3) is 0 Å². The van der Waals surface area contributed by atoms with E-state index in [9.17, 15) is 4.39 Å². The minimum atomic E-state index is -0.269. The van der Waals surface area contributed by atoms with Gasteiger partial charge in [-0.05, 0) is 53.7 Å². The molecule has 0 heterocycles. The van der Waals surface area contributed by atoms with Crippen LogP contribution < -0.4 is 15.5 Å². The van der Waals surface area contributed by atoms with Gasteiger partial charge in [0.2, 0.25) is 0 Å². The Morgan fingerprint density at radius 2 is 1.68 bits per heavy atom. The summed E-state index contributed by atoms with van der Waals surface area (Å²) in [5, 5.41) is 7.66. The van der Waals surface area contributed by atoms with Gasteiger partial charge >= 0.3 is 0 Å². The molecule has 0 aromatic heterocycles. The molecule has 4 nitrogen and oxygen atoms in total. The SMILES string of the molecule is Fc1ccccc1COc1ccc(C=NNC(=S)NCc2ccccc2)cc1. The first kappa shape index (κ1) is 19.5. The van der Waals surface area contributed by atoms with Gasteiger partial charge in [0.1, 0.15) is 18.2 Å². The molecule has 142 valence electrons. The Morgan fingerprint density at radius 1 is 0.964 bits per heavy atom. The molecule has 0 aliphatic heterocycles. The largest absolute Gasteiger partial charge is 0.489 e. The number of hydrazone groups is 1. The predicted octanol–water partition coefficient (Wildman–Crippen LogP) is 4.40. The molecule has 2 N–H and O–H groups in total. The lowest BCUT2D eigenvalue weighted by Crippen LogP contribution is -2.31. The van der Waals surface area contributed by atoms with Crippen molar-refractivity contribution in [2.24, 2.45) is 5.10 Å². The van der Waals surface area contributed by atoms with E-state index < -0.39 is 0 Å². The van der Waals surface area contributed by atoms with Gasteiger partial charge in [-0.1, -0.05) is 48.5 Å². The highest BCUT2D eigenvalue weighted by Crippen LogP contribution is 2.15. The molecule has 0 saturated heterocycles. The molecule has 0 radical (unpaired) electrons. The van der Waals surface area contributed by atoms with Crippen LogP contribution in [0.2, 0.25) is 0 Å². The number of hydrogen-bond donors (Lipinski definition) is 2. The zero-order chi connectivity index (χ0) is 19.6. The average molecular weight is 393 g/mol. The Kier molecular flexibility index (Phi) is 7.09. The zero-order valence-electron chi connectivity index (χ0n) is 15.1. The second kappa shape index (κ2) is 10.2. The fourth-order valence-electron chi connectivity index (χ4n) is 2.41. The van der Waals surface area contributed by atoms with Crippen molar-refractivity contribution < 1.29 is 9.13 Å². The Bertz CT molecular complexity index is 930. The second-order valence-electron chi connectivity index (χ2n) is 5.99. The molecule has 0 atom stereocenters.